The smallest absolute Gasteiger partial charge is 0.341 e. The van der Waals surface area contributed by atoms with Crippen LogP contribution < -0.4 is 15.4 Å². The van der Waals surface area contributed by atoms with Gasteiger partial charge in [-0.1, -0.05) is 31.4 Å². The third-order valence-electron chi connectivity index (χ3n) is 4.70. The monoisotopic (exact) mass is 376 g/mol. The lowest BCUT2D eigenvalue weighted by Crippen LogP contribution is -2.45. The zero-order valence-corrected chi connectivity index (χ0v) is 15.7. The number of aliphatic carboxylic acids is 1. The van der Waals surface area contributed by atoms with E-state index in [1.165, 1.54) is 19.3 Å². The summed E-state index contributed by atoms with van der Waals surface area (Å²) in [5.41, 5.74) is 0.784. The molecular weight excluding hydrogens is 348 g/mol. The number of ether oxygens (including phenoxy) is 1. The van der Waals surface area contributed by atoms with E-state index in [0.717, 1.165) is 18.4 Å². The molecule has 0 aromatic heterocycles. The maximum absolute atomic E-state index is 12.2. The largest absolute Gasteiger partial charge is 0.482 e. The van der Waals surface area contributed by atoms with Gasteiger partial charge in [0.2, 0.25) is 11.8 Å². The van der Waals surface area contributed by atoms with Crippen LogP contribution in [0.15, 0.2) is 24.3 Å². The van der Waals surface area contributed by atoms with Gasteiger partial charge in [-0.3, -0.25) is 9.59 Å². The van der Waals surface area contributed by atoms with Crippen LogP contribution in [0.4, 0.5) is 0 Å². The lowest BCUT2D eigenvalue weighted by atomic mass is 9.87. The van der Waals surface area contributed by atoms with Crippen LogP contribution in [0.25, 0.3) is 0 Å². The standard InChI is InChI=1S/C20H28N2O5/c1-14(22-18(23)11-15-6-3-2-4-7-15)20(26)21-12-16-8-5-9-17(10-16)27-13-19(24)25/h5,8-10,14-15H,2-4,6-7,11-13H2,1H3,(H,21,26)(H,22,23)(H,24,25). The Morgan fingerprint density at radius 3 is 2.67 bits per heavy atom. The molecule has 0 saturated heterocycles. The Morgan fingerprint density at radius 1 is 1.22 bits per heavy atom. The van der Waals surface area contributed by atoms with E-state index in [4.69, 9.17) is 9.84 Å². The molecule has 27 heavy (non-hydrogen) atoms. The second-order valence-corrected chi connectivity index (χ2v) is 7.04. The van der Waals surface area contributed by atoms with Gasteiger partial charge in [-0.05, 0) is 43.4 Å². The summed E-state index contributed by atoms with van der Waals surface area (Å²) in [5.74, 6) is -0.524. The van der Waals surface area contributed by atoms with Crippen molar-refractivity contribution in [2.24, 2.45) is 5.92 Å². The fourth-order valence-electron chi connectivity index (χ4n) is 3.25. The Hall–Kier alpha value is -2.57. The number of hydrogen-bond acceptors (Lipinski definition) is 4. The van der Waals surface area contributed by atoms with Gasteiger partial charge in [0, 0.05) is 13.0 Å². The van der Waals surface area contributed by atoms with Crippen molar-refractivity contribution in [2.75, 3.05) is 6.61 Å². The Labute approximate surface area is 159 Å². The van der Waals surface area contributed by atoms with Gasteiger partial charge in [0.1, 0.15) is 11.8 Å². The predicted molar refractivity (Wildman–Crippen MR) is 100 cm³/mol. The molecule has 3 N–H and O–H groups in total. The average Bonchev–Trinajstić information content (AvgIpc) is 2.65. The summed E-state index contributed by atoms with van der Waals surface area (Å²) in [5, 5.41) is 14.2. The van der Waals surface area contributed by atoms with Crippen molar-refractivity contribution in [3.63, 3.8) is 0 Å². The minimum Gasteiger partial charge on any atom is -0.482 e. The van der Waals surface area contributed by atoms with Crippen LogP contribution in [0.3, 0.4) is 0 Å². The molecule has 0 bridgehead atoms. The van der Waals surface area contributed by atoms with E-state index < -0.39 is 18.6 Å². The van der Waals surface area contributed by atoms with Crippen molar-refractivity contribution >= 4 is 17.8 Å². The van der Waals surface area contributed by atoms with Crippen LogP contribution in [0.2, 0.25) is 0 Å². The Kier molecular flexibility index (Phi) is 8.10. The maximum atomic E-state index is 12.2. The topological polar surface area (TPSA) is 105 Å². The van der Waals surface area contributed by atoms with Gasteiger partial charge in [-0.15, -0.1) is 0 Å². The molecule has 1 aromatic carbocycles. The normalized spacial score (nSPS) is 15.6. The van der Waals surface area contributed by atoms with Crippen LogP contribution in [0, 0.1) is 5.92 Å². The van der Waals surface area contributed by atoms with Gasteiger partial charge in [0.15, 0.2) is 6.61 Å². The summed E-state index contributed by atoms with van der Waals surface area (Å²) in [6.45, 7) is 1.52. The van der Waals surface area contributed by atoms with Gasteiger partial charge in [-0.25, -0.2) is 4.79 Å². The van der Waals surface area contributed by atoms with E-state index in [1.807, 2.05) is 0 Å². The number of benzene rings is 1. The summed E-state index contributed by atoms with van der Waals surface area (Å²) in [6, 6.07) is 6.26. The van der Waals surface area contributed by atoms with Crippen LogP contribution in [0.5, 0.6) is 5.75 Å². The van der Waals surface area contributed by atoms with Crippen molar-refractivity contribution in [1.82, 2.24) is 10.6 Å². The fourth-order valence-corrected chi connectivity index (χ4v) is 3.25. The summed E-state index contributed by atoms with van der Waals surface area (Å²) < 4.78 is 5.12. The van der Waals surface area contributed by atoms with Crippen molar-refractivity contribution in [2.45, 2.75) is 58.0 Å². The molecule has 0 radical (unpaired) electrons. The number of hydrogen-bond donors (Lipinski definition) is 3. The van der Waals surface area contributed by atoms with Crippen molar-refractivity contribution in [1.29, 1.82) is 0 Å². The fraction of sp³-hybridized carbons (Fsp3) is 0.550. The minimum atomic E-state index is -1.05. The lowest BCUT2D eigenvalue weighted by molar-refractivity contribution is -0.139. The number of carbonyl (C=O) groups is 3. The molecule has 148 valence electrons. The average molecular weight is 376 g/mol. The highest BCUT2D eigenvalue weighted by molar-refractivity contribution is 5.87. The highest BCUT2D eigenvalue weighted by Crippen LogP contribution is 2.26. The number of amides is 2. The van der Waals surface area contributed by atoms with Crippen molar-refractivity contribution in [3.05, 3.63) is 29.8 Å². The molecule has 2 rings (SSSR count). The summed E-state index contributed by atoms with van der Waals surface area (Å²) in [6.07, 6.45) is 6.29. The summed E-state index contributed by atoms with van der Waals surface area (Å²) in [4.78, 5) is 34.9. The molecule has 1 aliphatic rings. The molecule has 7 nitrogen and oxygen atoms in total. The molecular formula is C20H28N2O5. The number of carboxylic acids is 1. The zero-order valence-electron chi connectivity index (χ0n) is 15.7. The first-order valence-electron chi connectivity index (χ1n) is 9.44. The Morgan fingerprint density at radius 2 is 1.96 bits per heavy atom. The van der Waals surface area contributed by atoms with Gasteiger partial charge < -0.3 is 20.5 Å². The zero-order chi connectivity index (χ0) is 19.6. The van der Waals surface area contributed by atoms with Gasteiger partial charge >= 0.3 is 5.97 Å². The Balaban J connectivity index is 1.74. The van der Waals surface area contributed by atoms with Crippen LogP contribution in [0.1, 0.15) is 51.0 Å². The molecule has 2 amide bonds. The van der Waals surface area contributed by atoms with Gasteiger partial charge in [-0.2, -0.15) is 0 Å². The maximum Gasteiger partial charge on any atom is 0.341 e. The highest BCUT2D eigenvalue weighted by Gasteiger charge is 2.20. The van der Waals surface area contributed by atoms with Crippen molar-refractivity contribution in [3.8, 4) is 5.75 Å². The second-order valence-electron chi connectivity index (χ2n) is 7.04. The summed E-state index contributed by atoms with van der Waals surface area (Å²) >= 11 is 0. The number of carboxylic acid groups (broad SMARTS) is 1. The van der Waals surface area contributed by atoms with Gasteiger partial charge in [0.05, 0.1) is 0 Å². The second kappa shape index (κ2) is 10.5. The molecule has 0 spiro atoms. The van der Waals surface area contributed by atoms with E-state index in [1.54, 1.807) is 31.2 Å². The van der Waals surface area contributed by atoms with E-state index in [-0.39, 0.29) is 18.4 Å². The van der Waals surface area contributed by atoms with E-state index >= 15 is 0 Å². The lowest BCUT2D eigenvalue weighted by Gasteiger charge is -2.22. The first kappa shape index (κ1) is 20.7. The molecule has 1 atom stereocenters. The first-order chi connectivity index (χ1) is 12.9. The van der Waals surface area contributed by atoms with Crippen molar-refractivity contribution < 1.29 is 24.2 Å². The SMILES string of the molecule is CC(NC(=O)CC1CCCCC1)C(=O)NCc1cccc(OCC(=O)O)c1. The third-order valence-corrected chi connectivity index (χ3v) is 4.70. The molecule has 1 aromatic rings. The molecule has 1 fully saturated rings. The van der Waals surface area contributed by atoms with Gasteiger partial charge in [0.25, 0.3) is 0 Å². The predicted octanol–water partition coefficient (Wildman–Crippen LogP) is 2.24. The molecule has 7 heteroatoms. The number of rotatable bonds is 9. The summed E-state index contributed by atoms with van der Waals surface area (Å²) in [7, 11) is 0. The molecule has 0 heterocycles. The van der Waals surface area contributed by atoms with E-state index in [0.29, 0.717) is 18.1 Å². The quantitative estimate of drug-likeness (QED) is 0.613. The van der Waals surface area contributed by atoms with Crippen LogP contribution in [-0.2, 0) is 20.9 Å². The highest BCUT2D eigenvalue weighted by atomic mass is 16.5. The molecule has 0 aliphatic heterocycles. The Bertz CT molecular complexity index is 656. The van der Waals surface area contributed by atoms with Crippen LogP contribution >= 0.6 is 0 Å². The first-order valence-corrected chi connectivity index (χ1v) is 9.44. The van der Waals surface area contributed by atoms with Crippen LogP contribution in [-0.4, -0.2) is 35.5 Å². The number of nitrogens with one attached hydrogen (secondary N) is 2. The third kappa shape index (κ3) is 7.68. The van der Waals surface area contributed by atoms with E-state index in [9.17, 15) is 14.4 Å². The van der Waals surface area contributed by atoms with E-state index in [2.05, 4.69) is 10.6 Å². The number of carbonyl (C=O) groups excluding carboxylic acids is 2. The minimum absolute atomic E-state index is 0.0754. The molecule has 1 aliphatic carbocycles. The molecule has 1 unspecified atom stereocenters. The molecule has 1 saturated carbocycles.